The maximum atomic E-state index is 11.4. The van der Waals surface area contributed by atoms with Crippen LogP contribution in [0.2, 0.25) is 0 Å². The standard InChI is InChI=1S/C28H33NOS/c1-4-5-6-7-11-26(22-12-14-24(15-13-22)28(29)30)31-25-18-16-23(17-19-25)27-20(2)9-8-10-21(27)3/h8-10,12-19,26H,4-7,11H2,1-3H3,(H2,29,30). The van der Waals surface area contributed by atoms with Crippen molar-refractivity contribution in [2.75, 3.05) is 0 Å². The smallest absolute Gasteiger partial charge is 0.248 e. The van der Waals surface area contributed by atoms with Gasteiger partial charge in [0.25, 0.3) is 0 Å². The largest absolute Gasteiger partial charge is 0.366 e. The summed E-state index contributed by atoms with van der Waals surface area (Å²) in [5.41, 5.74) is 12.5. The Morgan fingerprint density at radius 1 is 0.871 bits per heavy atom. The number of thioether (sulfide) groups is 1. The first-order chi connectivity index (χ1) is 15.0. The molecule has 1 unspecified atom stereocenters. The number of nitrogens with two attached hydrogens (primary N) is 1. The Bertz CT molecular complexity index is 972. The maximum absolute atomic E-state index is 11.4. The van der Waals surface area contributed by atoms with Crippen molar-refractivity contribution in [3.05, 3.63) is 89.0 Å². The topological polar surface area (TPSA) is 43.1 Å². The van der Waals surface area contributed by atoms with Crippen LogP contribution in [0.15, 0.2) is 71.6 Å². The van der Waals surface area contributed by atoms with Crippen molar-refractivity contribution in [3.8, 4) is 11.1 Å². The van der Waals surface area contributed by atoms with Crippen molar-refractivity contribution in [2.24, 2.45) is 5.73 Å². The number of aryl methyl sites for hydroxylation is 2. The van der Waals surface area contributed by atoms with E-state index in [0.29, 0.717) is 10.8 Å². The van der Waals surface area contributed by atoms with Crippen molar-refractivity contribution in [3.63, 3.8) is 0 Å². The average Bonchev–Trinajstić information content (AvgIpc) is 2.77. The normalized spacial score (nSPS) is 12.0. The van der Waals surface area contributed by atoms with Gasteiger partial charge in [-0.25, -0.2) is 0 Å². The lowest BCUT2D eigenvalue weighted by molar-refractivity contribution is 0.100. The second kappa shape index (κ2) is 11.2. The highest BCUT2D eigenvalue weighted by atomic mass is 32.2. The highest BCUT2D eigenvalue weighted by Crippen LogP contribution is 2.40. The van der Waals surface area contributed by atoms with Crippen LogP contribution in [0, 0.1) is 13.8 Å². The van der Waals surface area contributed by atoms with Crippen molar-refractivity contribution in [1.29, 1.82) is 0 Å². The molecular weight excluding hydrogens is 398 g/mol. The lowest BCUT2D eigenvalue weighted by atomic mass is 9.96. The van der Waals surface area contributed by atoms with Gasteiger partial charge < -0.3 is 5.73 Å². The monoisotopic (exact) mass is 431 g/mol. The molecular formula is C28H33NOS. The van der Waals surface area contributed by atoms with Gasteiger partial charge in [-0.2, -0.15) is 0 Å². The number of rotatable bonds is 10. The van der Waals surface area contributed by atoms with Gasteiger partial charge in [0.15, 0.2) is 0 Å². The van der Waals surface area contributed by atoms with Gasteiger partial charge in [-0.1, -0.05) is 75.1 Å². The van der Waals surface area contributed by atoms with E-state index >= 15 is 0 Å². The van der Waals surface area contributed by atoms with Crippen molar-refractivity contribution in [1.82, 2.24) is 0 Å². The molecule has 1 atom stereocenters. The zero-order valence-corrected chi connectivity index (χ0v) is 19.7. The minimum absolute atomic E-state index is 0.366. The van der Waals surface area contributed by atoms with E-state index in [1.165, 1.54) is 58.4 Å². The van der Waals surface area contributed by atoms with E-state index in [4.69, 9.17) is 5.73 Å². The molecule has 0 aromatic heterocycles. The fraction of sp³-hybridized carbons (Fsp3) is 0.321. The molecule has 0 radical (unpaired) electrons. The summed E-state index contributed by atoms with van der Waals surface area (Å²) >= 11 is 1.91. The van der Waals surface area contributed by atoms with E-state index in [1.807, 2.05) is 23.9 Å². The van der Waals surface area contributed by atoms with E-state index in [1.54, 1.807) is 0 Å². The number of carbonyl (C=O) groups excluding carboxylic acids is 1. The van der Waals surface area contributed by atoms with Gasteiger partial charge in [0, 0.05) is 15.7 Å². The quantitative estimate of drug-likeness (QED) is 0.262. The molecule has 162 valence electrons. The number of unbranched alkanes of at least 4 members (excludes halogenated alkanes) is 3. The fourth-order valence-corrected chi connectivity index (χ4v) is 5.25. The summed E-state index contributed by atoms with van der Waals surface area (Å²) in [6.45, 7) is 6.59. The number of hydrogen-bond acceptors (Lipinski definition) is 2. The van der Waals surface area contributed by atoms with Crippen molar-refractivity contribution in [2.45, 2.75) is 63.0 Å². The average molecular weight is 432 g/mol. The van der Waals surface area contributed by atoms with Crippen LogP contribution < -0.4 is 5.73 Å². The highest BCUT2D eigenvalue weighted by Gasteiger charge is 2.15. The van der Waals surface area contributed by atoms with Crippen LogP contribution in [-0.4, -0.2) is 5.91 Å². The summed E-state index contributed by atoms with van der Waals surface area (Å²) in [6, 6.07) is 23.2. The molecule has 31 heavy (non-hydrogen) atoms. The van der Waals surface area contributed by atoms with Crippen molar-refractivity contribution < 1.29 is 4.79 Å². The molecule has 0 bridgehead atoms. The third-order valence-corrected chi connectivity index (χ3v) is 7.13. The summed E-state index contributed by atoms with van der Waals surface area (Å²) in [6.07, 6.45) is 6.12. The minimum atomic E-state index is -0.374. The first-order valence-corrected chi connectivity index (χ1v) is 12.1. The van der Waals surface area contributed by atoms with E-state index in [-0.39, 0.29) is 5.91 Å². The molecule has 0 aliphatic heterocycles. The molecule has 2 N–H and O–H groups in total. The van der Waals surface area contributed by atoms with E-state index in [0.717, 1.165) is 6.42 Å². The van der Waals surface area contributed by atoms with Gasteiger partial charge in [-0.05, 0) is 72.4 Å². The predicted molar refractivity (Wildman–Crippen MR) is 134 cm³/mol. The fourth-order valence-electron chi connectivity index (χ4n) is 4.05. The molecule has 0 aliphatic carbocycles. The molecule has 0 saturated carbocycles. The highest BCUT2D eigenvalue weighted by molar-refractivity contribution is 7.99. The lowest BCUT2D eigenvalue weighted by Gasteiger charge is -2.18. The number of amides is 1. The Morgan fingerprint density at radius 3 is 2.10 bits per heavy atom. The van der Waals surface area contributed by atoms with Gasteiger partial charge >= 0.3 is 0 Å². The molecule has 3 aromatic carbocycles. The van der Waals surface area contributed by atoms with Gasteiger partial charge in [-0.3, -0.25) is 4.79 Å². The molecule has 0 fully saturated rings. The van der Waals surface area contributed by atoms with Gasteiger partial charge in [0.2, 0.25) is 5.91 Å². The van der Waals surface area contributed by atoms with Crippen LogP contribution in [-0.2, 0) is 0 Å². The van der Waals surface area contributed by atoms with Crippen molar-refractivity contribution >= 4 is 17.7 Å². The number of hydrogen-bond donors (Lipinski definition) is 1. The van der Waals surface area contributed by atoms with Crippen LogP contribution in [0.3, 0.4) is 0 Å². The summed E-state index contributed by atoms with van der Waals surface area (Å²) in [4.78, 5) is 12.7. The zero-order valence-electron chi connectivity index (χ0n) is 18.9. The minimum Gasteiger partial charge on any atom is -0.366 e. The van der Waals surface area contributed by atoms with Crippen LogP contribution >= 0.6 is 11.8 Å². The number of carbonyl (C=O) groups is 1. The Kier molecular flexibility index (Phi) is 8.36. The van der Waals surface area contributed by atoms with Gasteiger partial charge in [0.05, 0.1) is 0 Å². The zero-order chi connectivity index (χ0) is 22.2. The van der Waals surface area contributed by atoms with E-state index in [9.17, 15) is 4.79 Å². The molecule has 1 amide bonds. The summed E-state index contributed by atoms with van der Waals surface area (Å²) in [7, 11) is 0. The second-order valence-corrected chi connectivity index (χ2v) is 9.51. The Hall–Kier alpha value is -2.52. The summed E-state index contributed by atoms with van der Waals surface area (Å²) in [5, 5.41) is 0.366. The molecule has 0 saturated heterocycles. The second-order valence-electron chi connectivity index (χ2n) is 8.23. The molecule has 3 rings (SSSR count). The molecule has 0 heterocycles. The van der Waals surface area contributed by atoms with E-state index < -0.39 is 0 Å². The number of benzene rings is 3. The molecule has 3 heteroatoms. The Balaban J connectivity index is 1.79. The third-order valence-electron chi connectivity index (χ3n) is 5.79. The van der Waals surface area contributed by atoms with Gasteiger partial charge in [-0.15, -0.1) is 11.8 Å². The summed E-state index contributed by atoms with van der Waals surface area (Å²) < 4.78 is 0. The SMILES string of the molecule is CCCCCCC(Sc1ccc(-c2c(C)cccc2C)cc1)c1ccc(C(N)=O)cc1. The maximum Gasteiger partial charge on any atom is 0.248 e. The first-order valence-electron chi connectivity index (χ1n) is 11.2. The predicted octanol–water partition coefficient (Wildman–Crippen LogP) is 7.87. The Labute approximate surface area is 191 Å². The van der Waals surface area contributed by atoms with E-state index in [2.05, 4.69) is 75.4 Å². The molecule has 2 nitrogen and oxygen atoms in total. The molecule has 0 aliphatic rings. The van der Waals surface area contributed by atoms with Crippen LogP contribution in [0.25, 0.3) is 11.1 Å². The number of primary amides is 1. The summed E-state index contributed by atoms with van der Waals surface area (Å²) in [5.74, 6) is -0.374. The third kappa shape index (κ3) is 6.24. The van der Waals surface area contributed by atoms with Crippen LogP contribution in [0.1, 0.15) is 71.3 Å². The first kappa shape index (κ1) is 23.1. The Morgan fingerprint density at radius 2 is 1.52 bits per heavy atom. The van der Waals surface area contributed by atoms with Gasteiger partial charge in [0.1, 0.15) is 0 Å². The van der Waals surface area contributed by atoms with Crippen LogP contribution in [0.4, 0.5) is 0 Å². The molecule has 0 spiro atoms. The lowest BCUT2D eigenvalue weighted by Crippen LogP contribution is -2.10. The molecule has 3 aromatic rings. The van der Waals surface area contributed by atoms with Crippen LogP contribution in [0.5, 0.6) is 0 Å².